The number of hydrogen-bond acceptors (Lipinski definition) is 4. The molecule has 0 bridgehead atoms. The van der Waals surface area contributed by atoms with E-state index < -0.39 is 11.7 Å². The molecular weight excluding hydrogens is 417 g/mol. The van der Waals surface area contributed by atoms with Crippen molar-refractivity contribution in [1.82, 2.24) is 14.8 Å². The minimum atomic E-state index is -4.46. The van der Waals surface area contributed by atoms with E-state index in [2.05, 4.69) is 14.8 Å². The highest BCUT2D eigenvalue weighted by atomic mass is 35.5. The van der Waals surface area contributed by atoms with Gasteiger partial charge in [0.1, 0.15) is 5.82 Å². The van der Waals surface area contributed by atoms with Gasteiger partial charge in [-0.25, -0.2) is 4.98 Å². The third-order valence-corrected chi connectivity index (χ3v) is 7.02. The Balaban J connectivity index is 1.32. The standard InChI is InChI=1S/C21H28ClF3N4O/c22-17-12-16(21(23,24)25)13-26-20(17)28-10-8-27(9-11-28)14-19(30)29-7-3-5-15-4-1-2-6-18(15)29/h12-13,15,18H,1-11,14H2. The number of carbonyl (C=O) groups is 1. The Morgan fingerprint density at radius 3 is 2.47 bits per heavy atom. The van der Waals surface area contributed by atoms with Crippen LogP contribution in [0.4, 0.5) is 19.0 Å². The van der Waals surface area contributed by atoms with Gasteiger partial charge in [0.2, 0.25) is 5.91 Å². The molecule has 1 saturated carbocycles. The number of anilines is 1. The molecule has 1 aromatic rings. The van der Waals surface area contributed by atoms with E-state index in [4.69, 9.17) is 11.6 Å². The van der Waals surface area contributed by atoms with Crippen LogP contribution in [-0.4, -0.2) is 66.0 Å². The predicted molar refractivity (Wildman–Crippen MR) is 110 cm³/mol. The summed E-state index contributed by atoms with van der Waals surface area (Å²) in [5.74, 6) is 1.25. The summed E-state index contributed by atoms with van der Waals surface area (Å²) >= 11 is 6.08. The number of piperidine rings is 1. The fourth-order valence-corrected chi connectivity index (χ4v) is 5.44. The highest BCUT2D eigenvalue weighted by Crippen LogP contribution is 2.36. The number of alkyl halides is 3. The second-order valence-corrected chi connectivity index (χ2v) is 9.04. The Morgan fingerprint density at radius 1 is 1.07 bits per heavy atom. The number of piperazine rings is 1. The van der Waals surface area contributed by atoms with Crippen molar-refractivity contribution < 1.29 is 18.0 Å². The van der Waals surface area contributed by atoms with Crippen LogP contribution in [0.1, 0.15) is 44.1 Å². The first kappa shape index (κ1) is 21.7. The van der Waals surface area contributed by atoms with E-state index in [9.17, 15) is 18.0 Å². The molecule has 2 unspecified atom stereocenters. The normalized spacial score (nSPS) is 25.9. The van der Waals surface area contributed by atoms with E-state index in [1.807, 2.05) is 4.90 Å². The molecular formula is C21H28ClF3N4O. The van der Waals surface area contributed by atoms with Crippen molar-refractivity contribution in [1.29, 1.82) is 0 Å². The molecule has 2 aliphatic heterocycles. The molecule has 166 valence electrons. The maximum Gasteiger partial charge on any atom is 0.417 e. The van der Waals surface area contributed by atoms with E-state index in [1.54, 1.807) is 0 Å². The van der Waals surface area contributed by atoms with E-state index in [1.165, 1.54) is 25.7 Å². The summed E-state index contributed by atoms with van der Waals surface area (Å²) in [5, 5.41) is 0.00556. The van der Waals surface area contributed by atoms with Crippen LogP contribution >= 0.6 is 11.6 Å². The van der Waals surface area contributed by atoms with Crippen LogP contribution in [0.5, 0.6) is 0 Å². The summed E-state index contributed by atoms with van der Waals surface area (Å²) in [6.07, 6.45) is 3.58. The lowest BCUT2D eigenvalue weighted by atomic mass is 9.78. The Morgan fingerprint density at radius 2 is 1.77 bits per heavy atom. The lowest BCUT2D eigenvalue weighted by molar-refractivity contribution is -0.139. The summed E-state index contributed by atoms with van der Waals surface area (Å²) < 4.78 is 38.5. The molecule has 9 heteroatoms. The monoisotopic (exact) mass is 444 g/mol. The number of hydrogen-bond donors (Lipinski definition) is 0. The molecule has 0 radical (unpaired) electrons. The number of rotatable bonds is 3. The van der Waals surface area contributed by atoms with Crippen LogP contribution in [0.2, 0.25) is 5.02 Å². The topological polar surface area (TPSA) is 39.7 Å². The molecule has 1 aliphatic carbocycles. The summed E-state index contributed by atoms with van der Waals surface area (Å²) in [5.41, 5.74) is -0.844. The van der Waals surface area contributed by atoms with Crippen LogP contribution in [0, 0.1) is 5.92 Å². The number of halogens is 4. The predicted octanol–water partition coefficient (Wildman–Crippen LogP) is 4.06. The second-order valence-electron chi connectivity index (χ2n) is 8.63. The van der Waals surface area contributed by atoms with Crippen LogP contribution in [0.15, 0.2) is 12.3 Å². The quantitative estimate of drug-likeness (QED) is 0.705. The zero-order valence-corrected chi connectivity index (χ0v) is 17.8. The maximum absolute atomic E-state index is 13.0. The second kappa shape index (κ2) is 8.91. The third-order valence-electron chi connectivity index (χ3n) is 6.74. The molecule has 0 spiro atoms. The number of likely N-dealkylation sites (tertiary alicyclic amines) is 1. The zero-order valence-electron chi connectivity index (χ0n) is 17.0. The highest BCUT2D eigenvalue weighted by Gasteiger charge is 2.36. The molecule has 0 N–H and O–H groups in total. The van der Waals surface area contributed by atoms with Gasteiger partial charge in [0.05, 0.1) is 17.1 Å². The molecule has 1 aromatic heterocycles. The van der Waals surface area contributed by atoms with Gasteiger partial charge in [0, 0.05) is 45.0 Å². The van der Waals surface area contributed by atoms with Crippen molar-refractivity contribution in [3.05, 3.63) is 22.8 Å². The van der Waals surface area contributed by atoms with Crippen molar-refractivity contribution in [2.75, 3.05) is 44.2 Å². The van der Waals surface area contributed by atoms with Gasteiger partial charge in [-0.15, -0.1) is 0 Å². The maximum atomic E-state index is 13.0. The Bertz CT molecular complexity index is 765. The highest BCUT2D eigenvalue weighted by molar-refractivity contribution is 6.33. The number of pyridine rings is 1. The number of amides is 1. The number of aromatic nitrogens is 1. The van der Waals surface area contributed by atoms with Crippen molar-refractivity contribution in [2.24, 2.45) is 5.92 Å². The molecule has 5 nitrogen and oxygen atoms in total. The van der Waals surface area contributed by atoms with Crippen LogP contribution in [0.3, 0.4) is 0 Å². The summed E-state index contributed by atoms with van der Waals surface area (Å²) in [7, 11) is 0. The minimum Gasteiger partial charge on any atom is -0.353 e. The first-order valence-corrected chi connectivity index (χ1v) is 11.2. The molecule has 1 amide bonds. The van der Waals surface area contributed by atoms with Crippen molar-refractivity contribution in [3.8, 4) is 0 Å². The van der Waals surface area contributed by atoms with Gasteiger partial charge in [-0.05, 0) is 37.7 Å². The SMILES string of the molecule is O=C(CN1CCN(c2ncc(C(F)(F)F)cc2Cl)CC1)N1CCCC2CCCCC21. The number of carbonyl (C=O) groups excluding carboxylic acids is 1. The van der Waals surface area contributed by atoms with Gasteiger partial charge in [0.15, 0.2) is 0 Å². The molecule has 4 rings (SSSR count). The van der Waals surface area contributed by atoms with Crippen LogP contribution in [0.25, 0.3) is 0 Å². The van der Waals surface area contributed by atoms with Crippen molar-refractivity contribution in [3.63, 3.8) is 0 Å². The summed E-state index contributed by atoms with van der Waals surface area (Å²) in [6.45, 7) is 3.75. The Labute approximate surface area is 180 Å². The largest absolute Gasteiger partial charge is 0.417 e. The van der Waals surface area contributed by atoms with Gasteiger partial charge >= 0.3 is 6.18 Å². The van der Waals surface area contributed by atoms with E-state index in [-0.39, 0.29) is 10.9 Å². The van der Waals surface area contributed by atoms with Gasteiger partial charge < -0.3 is 9.80 Å². The lowest BCUT2D eigenvalue weighted by Gasteiger charge is -2.45. The molecule has 2 saturated heterocycles. The lowest BCUT2D eigenvalue weighted by Crippen LogP contribution is -2.55. The van der Waals surface area contributed by atoms with E-state index in [0.29, 0.717) is 50.5 Å². The average Bonchev–Trinajstić information content (AvgIpc) is 2.73. The van der Waals surface area contributed by atoms with Crippen molar-refractivity contribution in [2.45, 2.75) is 50.7 Å². The van der Waals surface area contributed by atoms with Gasteiger partial charge in [-0.2, -0.15) is 13.2 Å². The van der Waals surface area contributed by atoms with Gasteiger partial charge in [-0.3, -0.25) is 9.69 Å². The number of fused-ring (bicyclic) bond motifs is 1. The zero-order chi connectivity index (χ0) is 21.3. The number of nitrogens with zero attached hydrogens (tertiary/aromatic N) is 4. The van der Waals surface area contributed by atoms with Gasteiger partial charge in [-0.1, -0.05) is 24.4 Å². The summed E-state index contributed by atoms with van der Waals surface area (Å²) in [4.78, 5) is 23.1. The molecule has 3 fully saturated rings. The van der Waals surface area contributed by atoms with Gasteiger partial charge in [0.25, 0.3) is 0 Å². The van der Waals surface area contributed by atoms with E-state index in [0.717, 1.165) is 31.6 Å². The molecule has 3 aliphatic rings. The van der Waals surface area contributed by atoms with Crippen molar-refractivity contribution >= 4 is 23.3 Å². The minimum absolute atomic E-state index is 0.00556. The fraction of sp³-hybridized carbons (Fsp3) is 0.714. The average molecular weight is 445 g/mol. The summed E-state index contributed by atoms with van der Waals surface area (Å²) in [6, 6.07) is 1.34. The molecule has 2 atom stereocenters. The van der Waals surface area contributed by atoms with Crippen LogP contribution < -0.4 is 4.90 Å². The fourth-order valence-electron chi connectivity index (χ4n) is 5.15. The third kappa shape index (κ3) is 4.69. The van der Waals surface area contributed by atoms with E-state index >= 15 is 0 Å². The Hall–Kier alpha value is -1.54. The Kier molecular flexibility index (Phi) is 6.44. The first-order valence-electron chi connectivity index (χ1n) is 10.8. The first-order chi connectivity index (χ1) is 14.3. The molecule has 3 heterocycles. The molecule has 30 heavy (non-hydrogen) atoms. The smallest absolute Gasteiger partial charge is 0.353 e. The van der Waals surface area contributed by atoms with Crippen LogP contribution in [-0.2, 0) is 11.0 Å². The molecule has 0 aromatic carbocycles.